The van der Waals surface area contributed by atoms with E-state index in [-0.39, 0.29) is 17.5 Å². The fraction of sp³-hybridized carbons (Fsp3) is 0.476. The van der Waals surface area contributed by atoms with E-state index in [4.69, 9.17) is 5.10 Å². The third-order valence-corrected chi connectivity index (χ3v) is 5.54. The summed E-state index contributed by atoms with van der Waals surface area (Å²) in [7, 11) is 4.01. The zero-order valence-corrected chi connectivity index (χ0v) is 17.5. The molecule has 0 atom stereocenters. The van der Waals surface area contributed by atoms with Gasteiger partial charge in [0.2, 0.25) is 0 Å². The van der Waals surface area contributed by atoms with Crippen molar-refractivity contribution in [3.05, 3.63) is 40.3 Å². The van der Waals surface area contributed by atoms with Gasteiger partial charge in [0.15, 0.2) is 0 Å². The Morgan fingerprint density at radius 1 is 1.30 bits per heavy atom. The van der Waals surface area contributed by atoms with Crippen LogP contribution in [0.15, 0.2) is 29.1 Å². The molecular formula is C21H29N7O2. The lowest BCUT2D eigenvalue weighted by atomic mass is 9.94. The molecule has 0 saturated carbocycles. The highest BCUT2D eigenvalue weighted by atomic mass is 16.2. The van der Waals surface area contributed by atoms with Crippen molar-refractivity contribution in [1.82, 2.24) is 30.1 Å². The maximum Gasteiger partial charge on any atom is 0.319 e. The number of aromatic amines is 1. The van der Waals surface area contributed by atoms with E-state index in [1.165, 1.54) is 0 Å². The molecule has 30 heavy (non-hydrogen) atoms. The van der Waals surface area contributed by atoms with E-state index in [2.05, 4.69) is 25.8 Å². The van der Waals surface area contributed by atoms with E-state index in [0.717, 1.165) is 55.5 Å². The van der Waals surface area contributed by atoms with E-state index in [0.29, 0.717) is 17.9 Å². The summed E-state index contributed by atoms with van der Waals surface area (Å²) in [6, 6.07) is 6.97. The van der Waals surface area contributed by atoms with Crippen LogP contribution in [0, 0.1) is 0 Å². The number of H-pyrrole nitrogens is 1. The van der Waals surface area contributed by atoms with Gasteiger partial charge in [0.25, 0.3) is 5.56 Å². The van der Waals surface area contributed by atoms with Gasteiger partial charge in [-0.15, -0.1) is 0 Å². The molecule has 0 unspecified atom stereocenters. The Balaban J connectivity index is 1.65. The molecule has 1 saturated heterocycles. The summed E-state index contributed by atoms with van der Waals surface area (Å²) in [5.74, 6) is 0.279. The number of nitrogens with one attached hydrogen (secondary N) is 4. The van der Waals surface area contributed by atoms with E-state index in [1.54, 1.807) is 6.07 Å². The molecule has 4 rings (SSSR count). The fourth-order valence-corrected chi connectivity index (χ4v) is 4.06. The number of aromatic nitrogens is 3. The molecule has 0 radical (unpaired) electrons. The number of rotatable bonds is 6. The van der Waals surface area contributed by atoms with Crippen molar-refractivity contribution < 1.29 is 4.79 Å². The fourth-order valence-electron chi connectivity index (χ4n) is 4.06. The molecule has 160 valence electrons. The highest BCUT2D eigenvalue weighted by Gasteiger charge is 2.21. The maximum absolute atomic E-state index is 12.4. The zero-order valence-electron chi connectivity index (χ0n) is 17.5. The van der Waals surface area contributed by atoms with Gasteiger partial charge in [0.05, 0.1) is 22.3 Å². The highest BCUT2D eigenvalue weighted by molar-refractivity contribution is 6.07. The second kappa shape index (κ2) is 8.85. The van der Waals surface area contributed by atoms with Crippen LogP contribution in [0.3, 0.4) is 0 Å². The molecule has 2 aromatic heterocycles. The summed E-state index contributed by atoms with van der Waals surface area (Å²) in [5, 5.41) is 14.7. The van der Waals surface area contributed by atoms with Gasteiger partial charge in [-0.25, -0.2) is 9.31 Å². The van der Waals surface area contributed by atoms with Crippen LogP contribution in [0.1, 0.15) is 30.9 Å². The van der Waals surface area contributed by atoms with Crippen LogP contribution in [0.2, 0.25) is 0 Å². The standard InChI is InChI=1S/C21H29N7O2/c1-27(2)12-4-9-23-21(30)24-15-5-3-6-16-19(15)20-25-18(29)13-17(28(20)26-16)14-7-10-22-11-8-14/h3,5-6,13-14,22H,4,7-12H2,1-2H3,(H,25,29)(H2,23,24,30). The van der Waals surface area contributed by atoms with Crippen LogP contribution < -0.4 is 21.5 Å². The molecule has 0 aliphatic carbocycles. The van der Waals surface area contributed by atoms with Crippen molar-refractivity contribution in [2.24, 2.45) is 0 Å². The molecule has 9 heteroatoms. The molecule has 1 aromatic carbocycles. The number of urea groups is 1. The summed E-state index contributed by atoms with van der Waals surface area (Å²) in [5.41, 5.74) is 2.75. The predicted octanol–water partition coefficient (Wildman–Crippen LogP) is 1.72. The maximum atomic E-state index is 12.4. The second-order valence-electron chi connectivity index (χ2n) is 8.08. The molecule has 1 aliphatic heterocycles. The van der Waals surface area contributed by atoms with Crippen molar-refractivity contribution in [2.75, 3.05) is 45.6 Å². The number of anilines is 1. The molecule has 0 bridgehead atoms. The van der Waals surface area contributed by atoms with Crippen molar-refractivity contribution >= 4 is 28.3 Å². The van der Waals surface area contributed by atoms with E-state index >= 15 is 0 Å². The number of fused-ring (bicyclic) bond motifs is 3. The van der Waals surface area contributed by atoms with Crippen molar-refractivity contribution in [2.45, 2.75) is 25.2 Å². The molecule has 0 spiro atoms. The van der Waals surface area contributed by atoms with Crippen LogP contribution in [0.5, 0.6) is 0 Å². The SMILES string of the molecule is CN(C)CCCNC(=O)Nc1cccc2nn3c(C4CCNCC4)cc(=O)[nH]c3c12. The first kappa shape index (κ1) is 20.4. The normalized spacial score (nSPS) is 15.2. The topological polar surface area (TPSA) is 107 Å². The molecule has 4 N–H and O–H groups in total. The Kier molecular flexibility index (Phi) is 6.01. The number of benzene rings is 1. The van der Waals surface area contributed by atoms with Gasteiger partial charge < -0.3 is 25.8 Å². The number of amides is 2. The molecule has 9 nitrogen and oxygen atoms in total. The summed E-state index contributed by atoms with van der Waals surface area (Å²) < 4.78 is 1.84. The first-order valence-corrected chi connectivity index (χ1v) is 10.5. The molecule has 1 aliphatic rings. The van der Waals surface area contributed by atoms with Gasteiger partial charge in [-0.05, 0) is 65.1 Å². The van der Waals surface area contributed by atoms with Crippen molar-refractivity contribution in [1.29, 1.82) is 0 Å². The van der Waals surface area contributed by atoms with Gasteiger partial charge in [0.1, 0.15) is 5.65 Å². The van der Waals surface area contributed by atoms with E-state index < -0.39 is 0 Å². The van der Waals surface area contributed by atoms with Crippen LogP contribution >= 0.6 is 0 Å². The Bertz CT molecular complexity index is 1100. The van der Waals surface area contributed by atoms with Gasteiger partial charge in [0, 0.05) is 18.5 Å². The van der Waals surface area contributed by atoms with Crippen LogP contribution in [0.4, 0.5) is 10.5 Å². The lowest BCUT2D eigenvalue weighted by Crippen LogP contribution is -2.31. The molecule has 3 heterocycles. The Morgan fingerprint density at radius 2 is 2.10 bits per heavy atom. The predicted molar refractivity (Wildman–Crippen MR) is 118 cm³/mol. The van der Waals surface area contributed by atoms with Crippen LogP contribution in [0.25, 0.3) is 16.6 Å². The van der Waals surface area contributed by atoms with Gasteiger partial charge in [-0.3, -0.25) is 4.79 Å². The second-order valence-corrected chi connectivity index (χ2v) is 8.08. The average molecular weight is 412 g/mol. The Labute approximate surface area is 174 Å². The summed E-state index contributed by atoms with van der Waals surface area (Å²) in [6.07, 6.45) is 2.80. The number of hydrogen-bond acceptors (Lipinski definition) is 5. The Hall–Kier alpha value is -2.91. The lowest BCUT2D eigenvalue weighted by Gasteiger charge is -2.23. The molecule has 1 fully saturated rings. The third-order valence-electron chi connectivity index (χ3n) is 5.54. The number of piperidine rings is 1. The van der Waals surface area contributed by atoms with Crippen LogP contribution in [-0.2, 0) is 0 Å². The van der Waals surface area contributed by atoms with E-state index in [1.807, 2.05) is 36.8 Å². The summed E-state index contributed by atoms with van der Waals surface area (Å²) >= 11 is 0. The number of carbonyl (C=O) groups excluding carboxylic acids is 1. The minimum atomic E-state index is -0.266. The Morgan fingerprint density at radius 3 is 2.87 bits per heavy atom. The monoisotopic (exact) mass is 411 g/mol. The first-order chi connectivity index (χ1) is 14.5. The lowest BCUT2D eigenvalue weighted by molar-refractivity contribution is 0.251. The average Bonchev–Trinajstić information content (AvgIpc) is 3.10. The number of nitrogens with zero attached hydrogens (tertiary/aromatic N) is 3. The van der Waals surface area contributed by atoms with E-state index in [9.17, 15) is 9.59 Å². The first-order valence-electron chi connectivity index (χ1n) is 10.5. The highest BCUT2D eigenvalue weighted by Crippen LogP contribution is 2.30. The molecule has 3 aromatic rings. The van der Waals surface area contributed by atoms with Gasteiger partial charge in [-0.1, -0.05) is 6.07 Å². The van der Waals surface area contributed by atoms with Crippen molar-refractivity contribution in [3.8, 4) is 0 Å². The van der Waals surface area contributed by atoms with Crippen molar-refractivity contribution in [3.63, 3.8) is 0 Å². The minimum absolute atomic E-state index is 0.152. The third kappa shape index (κ3) is 4.31. The number of hydrogen-bond donors (Lipinski definition) is 4. The largest absolute Gasteiger partial charge is 0.338 e. The van der Waals surface area contributed by atoms with Gasteiger partial charge >= 0.3 is 6.03 Å². The summed E-state index contributed by atoms with van der Waals surface area (Å²) in [6.45, 7) is 3.36. The summed E-state index contributed by atoms with van der Waals surface area (Å²) in [4.78, 5) is 29.8. The number of carbonyl (C=O) groups is 1. The quantitative estimate of drug-likeness (QED) is 0.462. The smallest absolute Gasteiger partial charge is 0.319 e. The zero-order chi connectivity index (χ0) is 21.1. The van der Waals surface area contributed by atoms with Crippen LogP contribution in [-0.4, -0.2) is 65.8 Å². The van der Waals surface area contributed by atoms with Gasteiger partial charge in [-0.2, -0.15) is 5.10 Å². The molecular weight excluding hydrogens is 382 g/mol. The molecule has 2 amide bonds. The minimum Gasteiger partial charge on any atom is -0.338 e.